The molecule has 4 nitrogen and oxygen atoms in total. The molecule has 0 spiro atoms. The van der Waals surface area contributed by atoms with Gasteiger partial charge in [-0.25, -0.2) is 0 Å². The van der Waals surface area contributed by atoms with Gasteiger partial charge in [0.1, 0.15) is 0 Å². The molecule has 108 valence electrons. The lowest BCUT2D eigenvalue weighted by Crippen LogP contribution is -2.36. The van der Waals surface area contributed by atoms with Crippen LogP contribution >= 0.6 is 0 Å². The Kier molecular flexibility index (Phi) is 4.49. The molecule has 1 saturated heterocycles. The van der Waals surface area contributed by atoms with Crippen LogP contribution in [0.15, 0.2) is 59.7 Å². The van der Waals surface area contributed by atoms with Crippen LogP contribution in [-0.4, -0.2) is 32.5 Å². The maximum atomic E-state index is 5.37. The lowest BCUT2D eigenvalue weighted by atomic mass is 10.2. The quantitative estimate of drug-likeness (QED) is 0.691. The summed E-state index contributed by atoms with van der Waals surface area (Å²) in [7, 11) is 0. The standard InChI is InChI=1S/C17H19N3O/c1-2-4-16(5-3-1)19-18-14-15-6-8-17(9-7-15)20-10-12-21-13-11-20/h1-9,14,19H,10-13H2/b18-14-. The van der Waals surface area contributed by atoms with E-state index in [1.165, 1.54) is 5.69 Å². The van der Waals surface area contributed by atoms with E-state index in [1.807, 2.05) is 36.5 Å². The molecule has 1 N–H and O–H groups in total. The van der Waals surface area contributed by atoms with Crippen LogP contribution in [0.25, 0.3) is 0 Å². The molecule has 0 atom stereocenters. The summed E-state index contributed by atoms with van der Waals surface area (Å²) in [6.07, 6.45) is 1.83. The van der Waals surface area contributed by atoms with Gasteiger partial charge in [-0.15, -0.1) is 0 Å². The first-order valence-electron chi connectivity index (χ1n) is 7.19. The van der Waals surface area contributed by atoms with Crippen LogP contribution in [0.4, 0.5) is 11.4 Å². The number of morpholine rings is 1. The molecule has 0 radical (unpaired) electrons. The molecule has 2 aromatic rings. The monoisotopic (exact) mass is 281 g/mol. The van der Waals surface area contributed by atoms with E-state index >= 15 is 0 Å². The van der Waals surface area contributed by atoms with Gasteiger partial charge in [0.2, 0.25) is 0 Å². The second-order valence-electron chi connectivity index (χ2n) is 4.93. The average Bonchev–Trinajstić information content (AvgIpc) is 2.57. The van der Waals surface area contributed by atoms with Gasteiger partial charge >= 0.3 is 0 Å². The molecule has 2 aromatic carbocycles. The Labute approximate surface area is 125 Å². The molecular weight excluding hydrogens is 262 g/mol. The predicted octanol–water partition coefficient (Wildman–Crippen LogP) is 2.97. The van der Waals surface area contributed by atoms with E-state index < -0.39 is 0 Å². The van der Waals surface area contributed by atoms with Crippen molar-refractivity contribution in [1.82, 2.24) is 0 Å². The van der Waals surface area contributed by atoms with Crippen molar-refractivity contribution < 1.29 is 4.74 Å². The fourth-order valence-corrected chi connectivity index (χ4v) is 2.29. The minimum absolute atomic E-state index is 0.810. The highest BCUT2D eigenvalue weighted by molar-refractivity contribution is 5.81. The lowest BCUT2D eigenvalue weighted by Gasteiger charge is -2.28. The van der Waals surface area contributed by atoms with Crippen LogP contribution in [0.5, 0.6) is 0 Å². The Morgan fingerprint density at radius 1 is 0.952 bits per heavy atom. The lowest BCUT2D eigenvalue weighted by molar-refractivity contribution is 0.122. The number of anilines is 2. The molecule has 3 rings (SSSR count). The normalized spacial score (nSPS) is 15.3. The molecule has 1 heterocycles. The molecule has 0 unspecified atom stereocenters. The van der Waals surface area contributed by atoms with Gasteiger partial charge in [0.05, 0.1) is 25.1 Å². The molecule has 1 fully saturated rings. The fraction of sp³-hybridized carbons (Fsp3) is 0.235. The second-order valence-corrected chi connectivity index (χ2v) is 4.93. The second kappa shape index (κ2) is 6.90. The summed E-state index contributed by atoms with van der Waals surface area (Å²) in [5.41, 5.74) is 6.32. The summed E-state index contributed by atoms with van der Waals surface area (Å²) < 4.78 is 5.37. The van der Waals surface area contributed by atoms with Gasteiger partial charge in [0, 0.05) is 18.8 Å². The van der Waals surface area contributed by atoms with E-state index in [4.69, 9.17) is 4.74 Å². The number of rotatable bonds is 4. The van der Waals surface area contributed by atoms with E-state index in [2.05, 4.69) is 39.7 Å². The number of hydrogen-bond donors (Lipinski definition) is 1. The van der Waals surface area contributed by atoms with Gasteiger partial charge in [-0.1, -0.05) is 30.3 Å². The molecule has 0 aliphatic carbocycles. The van der Waals surface area contributed by atoms with Crippen molar-refractivity contribution in [2.24, 2.45) is 5.10 Å². The minimum atomic E-state index is 0.810. The number of nitrogens with one attached hydrogen (secondary N) is 1. The van der Waals surface area contributed by atoms with Crippen molar-refractivity contribution in [2.45, 2.75) is 0 Å². The summed E-state index contributed by atoms with van der Waals surface area (Å²) in [6.45, 7) is 3.54. The number of hydrazone groups is 1. The van der Waals surface area contributed by atoms with Crippen molar-refractivity contribution in [3.05, 3.63) is 60.2 Å². The third-order valence-corrected chi connectivity index (χ3v) is 3.45. The summed E-state index contributed by atoms with van der Waals surface area (Å²) in [6, 6.07) is 18.4. The summed E-state index contributed by atoms with van der Waals surface area (Å²) in [5, 5.41) is 4.25. The zero-order chi connectivity index (χ0) is 14.3. The van der Waals surface area contributed by atoms with Crippen molar-refractivity contribution in [3.63, 3.8) is 0 Å². The van der Waals surface area contributed by atoms with Gasteiger partial charge in [-0.05, 0) is 29.8 Å². The Bertz CT molecular complexity index is 575. The molecule has 1 aliphatic heterocycles. The van der Waals surface area contributed by atoms with Crippen molar-refractivity contribution in [3.8, 4) is 0 Å². The first-order chi connectivity index (χ1) is 10.4. The third kappa shape index (κ3) is 3.83. The highest BCUT2D eigenvalue weighted by Crippen LogP contribution is 2.16. The molecule has 0 amide bonds. The number of ether oxygens (including phenoxy) is 1. The SMILES string of the molecule is C(=N/Nc1ccccc1)/c1ccc(N2CCOCC2)cc1. The van der Waals surface area contributed by atoms with Gasteiger partial charge in [0.25, 0.3) is 0 Å². The highest BCUT2D eigenvalue weighted by atomic mass is 16.5. The minimum Gasteiger partial charge on any atom is -0.378 e. The van der Waals surface area contributed by atoms with E-state index in [1.54, 1.807) is 0 Å². The topological polar surface area (TPSA) is 36.9 Å². The number of benzene rings is 2. The third-order valence-electron chi connectivity index (χ3n) is 3.45. The molecule has 4 heteroatoms. The molecule has 0 saturated carbocycles. The van der Waals surface area contributed by atoms with Crippen LogP contribution in [0.2, 0.25) is 0 Å². The first kappa shape index (κ1) is 13.6. The Balaban J connectivity index is 1.59. The van der Waals surface area contributed by atoms with Crippen molar-refractivity contribution >= 4 is 17.6 Å². The highest BCUT2D eigenvalue weighted by Gasteiger charge is 2.10. The molecule has 1 aliphatic rings. The van der Waals surface area contributed by atoms with Gasteiger partial charge in [-0.2, -0.15) is 5.10 Å². The van der Waals surface area contributed by atoms with Crippen LogP contribution in [0.1, 0.15) is 5.56 Å². The molecular formula is C17H19N3O. The summed E-state index contributed by atoms with van der Waals surface area (Å²) in [4.78, 5) is 2.34. The Hall–Kier alpha value is -2.33. The number of hydrogen-bond acceptors (Lipinski definition) is 4. The van der Waals surface area contributed by atoms with Crippen LogP contribution < -0.4 is 10.3 Å². The average molecular weight is 281 g/mol. The van der Waals surface area contributed by atoms with Gasteiger partial charge in [0.15, 0.2) is 0 Å². The number of nitrogens with zero attached hydrogens (tertiary/aromatic N) is 2. The maximum absolute atomic E-state index is 5.37. The number of para-hydroxylation sites is 1. The van der Waals surface area contributed by atoms with Crippen molar-refractivity contribution in [1.29, 1.82) is 0 Å². The van der Waals surface area contributed by atoms with E-state index in [0.717, 1.165) is 37.6 Å². The fourth-order valence-electron chi connectivity index (χ4n) is 2.29. The van der Waals surface area contributed by atoms with E-state index in [-0.39, 0.29) is 0 Å². The molecule has 21 heavy (non-hydrogen) atoms. The molecule has 0 bridgehead atoms. The summed E-state index contributed by atoms with van der Waals surface area (Å²) in [5.74, 6) is 0. The van der Waals surface area contributed by atoms with Crippen molar-refractivity contribution in [2.75, 3.05) is 36.6 Å². The zero-order valence-corrected chi connectivity index (χ0v) is 11.9. The maximum Gasteiger partial charge on any atom is 0.0642 e. The summed E-state index contributed by atoms with van der Waals surface area (Å²) >= 11 is 0. The van der Waals surface area contributed by atoms with Crippen LogP contribution in [-0.2, 0) is 4.74 Å². The van der Waals surface area contributed by atoms with Gasteiger partial charge in [-0.3, -0.25) is 5.43 Å². The van der Waals surface area contributed by atoms with Gasteiger partial charge < -0.3 is 9.64 Å². The Morgan fingerprint density at radius 3 is 2.38 bits per heavy atom. The van der Waals surface area contributed by atoms with Crippen LogP contribution in [0, 0.1) is 0 Å². The first-order valence-corrected chi connectivity index (χ1v) is 7.19. The van der Waals surface area contributed by atoms with Crippen LogP contribution in [0.3, 0.4) is 0 Å². The Morgan fingerprint density at radius 2 is 1.67 bits per heavy atom. The zero-order valence-electron chi connectivity index (χ0n) is 11.9. The predicted molar refractivity (Wildman–Crippen MR) is 87.1 cm³/mol. The molecule has 0 aromatic heterocycles. The van der Waals surface area contributed by atoms with E-state index in [9.17, 15) is 0 Å². The van der Waals surface area contributed by atoms with E-state index in [0.29, 0.717) is 0 Å². The smallest absolute Gasteiger partial charge is 0.0642 e. The largest absolute Gasteiger partial charge is 0.378 e.